The topological polar surface area (TPSA) is 162 Å². The van der Waals surface area contributed by atoms with Crippen LogP contribution in [-0.2, 0) is 15.8 Å². The number of hydrogen-bond donors (Lipinski definition) is 4. The second-order valence-corrected chi connectivity index (χ2v) is 11.8. The number of aliphatic imine (C=N–C) groups is 1. The number of methoxy groups -OCH3 is 1. The predicted octanol–water partition coefficient (Wildman–Crippen LogP) is 5.09. The van der Waals surface area contributed by atoms with E-state index in [0.717, 1.165) is 6.21 Å². The second kappa shape index (κ2) is 13.1. The Bertz CT molecular complexity index is 1900. The van der Waals surface area contributed by atoms with Gasteiger partial charge in [-0.3, -0.25) is 9.59 Å². The van der Waals surface area contributed by atoms with E-state index in [2.05, 4.69) is 10.3 Å². The summed E-state index contributed by atoms with van der Waals surface area (Å²) in [6, 6.07) is 17.4. The first-order chi connectivity index (χ1) is 22.3. The van der Waals surface area contributed by atoms with Gasteiger partial charge >= 0.3 is 6.55 Å². The number of nitrogens with two attached hydrogens (primary N) is 2. The number of nitrogen functional groups attached to an aromatic ring is 1. The highest BCUT2D eigenvalue weighted by molar-refractivity contribution is 6.43. The molecule has 2 atom stereocenters. The van der Waals surface area contributed by atoms with Crippen molar-refractivity contribution in [3.63, 3.8) is 0 Å². The summed E-state index contributed by atoms with van der Waals surface area (Å²) in [5.41, 5.74) is 9.86. The van der Waals surface area contributed by atoms with Crippen molar-refractivity contribution in [2.75, 3.05) is 26.0 Å². The molecule has 1 aromatic heterocycles. The van der Waals surface area contributed by atoms with E-state index in [9.17, 15) is 23.5 Å². The molecule has 244 valence electrons. The van der Waals surface area contributed by atoms with Crippen LogP contribution in [0.3, 0.4) is 0 Å². The summed E-state index contributed by atoms with van der Waals surface area (Å²) in [5.74, 6) is -1.07. The standard InChI is InChI=1S/C33H29Cl2F2N5O5/c1-32(30(39)44)16-47-28-21(32)13-24(42-27(28)20-9-6-10-22(34)25(20)35)33(45,19-7-4-3-5-8-19)15-41-29(43)17-11-18(14-40-31(36)37)26(38)23(12-17)46-2/h3-14,31,45H,15-16,38H2,1-2H3,(H2,39,44)(H,41,43)/b40-14+/t32-,33+/m0/s1. The van der Waals surface area contributed by atoms with E-state index >= 15 is 0 Å². The Hall–Kier alpha value is -4.78. The number of ether oxygens (including phenoxy) is 2. The molecule has 0 radical (unpaired) electrons. The number of aromatic nitrogens is 1. The van der Waals surface area contributed by atoms with E-state index in [4.69, 9.17) is 49.1 Å². The number of primary amides is 1. The van der Waals surface area contributed by atoms with Crippen LogP contribution in [0.25, 0.3) is 11.3 Å². The molecule has 0 unspecified atom stereocenters. The molecule has 0 bridgehead atoms. The van der Waals surface area contributed by atoms with Crippen molar-refractivity contribution >= 4 is 46.9 Å². The number of amides is 2. The fraction of sp³-hybridized carbons (Fsp3) is 0.212. The summed E-state index contributed by atoms with van der Waals surface area (Å²) >= 11 is 12.9. The third kappa shape index (κ3) is 6.31. The van der Waals surface area contributed by atoms with Crippen LogP contribution in [0.4, 0.5) is 14.5 Å². The molecule has 4 aromatic rings. The molecule has 5 rings (SSSR count). The lowest BCUT2D eigenvalue weighted by Gasteiger charge is -2.30. The smallest absolute Gasteiger partial charge is 0.331 e. The van der Waals surface area contributed by atoms with Crippen LogP contribution in [0.5, 0.6) is 11.5 Å². The summed E-state index contributed by atoms with van der Waals surface area (Å²) in [6.45, 7) is -1.91. The Morgan fingerprint density at radius 1 is 1.19 bits per heavy atom. The lowest BCUT2D eigenvalue weighted by molar-refractivity contribution is -0.123. The maximum atomic E-state index is 13.5. The molecule has 1 aliphatic rings. The minimum Gasteiger partial charge on any atom is -0.495 e. The molecular weight excluding hydrogens is 655 g/mol. The van der Waals surface area contributed by atoms with E-state index in [1.807, 2.05) is 0 Å². The summed E-state index contributed by atoms with van der Waals surface area (Å²) < 4.78 is 36.8. The lowest BCUT2D eigenvalue weighted by atomic mass is 9.80. The molecule has 2 amide bonds. The van der Waals surface area contributed by atoms with Crippen LogP contribution in [0.1, 0.15) is 39.7 Å². The maximum absolute atomic E-state index is 13.5. The number of benzene rings is 3. The number of anilines is 1. The van der Waals surface area contributed by atoms with Gasteiger partial charge in [-0.1, -0.05) is 65.7 Å². The van der Waals surface area contributed by atoms with Crippen LogP contribution < -0.4 is 26.3 Å². The number of fused-ring (bicyclic) bond motifs is 1. The number of carbonyl (C=O) groups is 2. The van der Waals surface area contributed by atoms with Crippen LogP contribution in [0.15, 0.2) is 71.7 Å². The minimum absolute atomic E-state index is 0.00325. The zero-order valence-electron chi connectivity index (χ0n) is 25.1. The van der Waals surface area contributed by atoms with Crippen molar-refractivity contribution < 1.29 is 33.0 Å². The average molecular weight is 685 g/mol. The average Bonchev–Trinajstić information content (AvgIpc) is 3.42. The number of alkyl halides is 2. The molecule has 0 saturated heterocycles. The normalized spacial score (nSPS) is 16.9. The van der Waals surface area contributed by atoms with Crippen LogP contribution in [0.2, 0.25) is 10.0 Å². The molecular formula is C33H29Cl2F2N5O5. The number of carbonyl (C=O) groups excluding carboxylic acids is 2. The van der Waals surface area contributed by atoms with Gasteiger partial charge in [0.15, 0.2) is 0 Å². The number of nitrogens with one attached hydrogen (secondary N) is 1. The SMILES string of the molecule is COc1cc(C(=O)NC[C@@](O)(c2ccccc2)c2cc3c(c(-c4cccc(Cl)c4Cl)n2)OC[C@]3(C)C(N)=O)cc(/C=N/C(F)F)c1N. The molecule has 0 saturated carbocycles. The van der Waals surface area contributed by atoms with Gasteiger partial charge in [-0.25, -0.2) is 9.98 Å². The van der Waals surface area contributed by atoms with Crippen molar-refractivity contribution in [2.24, 2.45) is 10.7 Å². The van der Waals surface area contributed by atoms with Crippen LogP contribution in [0, 0.1) is 0 Å². The summed E-state index contributed by atoms with van der Waals surface area (Å²) in [7, 11) is 1.31. The maximum Gasteiger partial charge on any atom is 0.331 e. The number of rotatable bonds is 10. The molecule has 14 heteroatoms. The minimum atomic E-state index is -2.99. The zero-order valence-corrected chi connectivity index (χ0v) is 26.6. The highest BCUT2D eigenvalue weighted by Crippen LogP contribution is 2.48. The molecule has 2 heterocycles. The second-order valence-electron chi connectivity index (χ2n) is 11.0. The van der Waals surface area contributed by atoms with E-state index in [1.54, 1.807) is 55.5 Å². The molecule has 10 nitrogen and oxygen atoms in total. The van der Waals surface area contributed by atoms with Gasteiger partial charge in [-0.05, 0) is 36.8 Å². The summed E-state index contributed by atoms with van der Waals surface area (Å²) in [4.78, 5) is 34.1. The van der Waals surface area contributed by atoms with Gasteiger partial charge in [0.05, 0.1) is 35.1 Å². The third-order valence-corrected chi connectivity index (χ3v) is 8.80. The molecule has 6 N–H and O–H groups in total. The lowest BCUT2D eigenvalue weighted by Crippen LogP contribution is -2.43. The molecule has 0 aliphatic carbocycles. The van der Waals surface area contributed by atoms with Gasteiger partial charge < -0.3 is 31.4 Å². The van der Waals surface area contributed by atoms with Gasteiger partial charge in [-0.15, -0.1) is 0 Å². The first-order valence-electron chi connectivity index (χ1n) is 14.1. The van der Waals surface area contributed by atoms with Gasteiger partial charge in [-0.2, -0.15) is 8.78 Å². The van der Waals surface area contributed by atoms with Crippen molar-refractivity contribution in [3.8, 4) is 22.8 Å². The molecule has 1 aliphatic heterocycles. The van der Waals surface area contributed by atoms with Crippen molar-refractivity contribution in [3.05, 3.63) is 105 Å². The van der Waals surface area contributed by atoms with Gasteiger partial charge in [0.2, 0.25) is 5.91 Å². The molecule has 3 aromatic carbocycles. The quantitative estimate of drug-likeness (QED) is 0.103. The highest BCUT2D eigenvalue weighted by atomic mass is 35.5. The fourth-order valence-corrected chi connectivity index (χ4v) is 5.61. The Kier molecular flexibility index (Phi) is 9.39. The number of hydrogen-bond acceptors (Lipinski definition) is 8. The summed E-state index contributed by atoms with van der Waals surface area (Å²) in [5, 5.41) is 15.6. The van der Waals surface area contributed by atoms with Crippen molar-refractivity contribution in [1.82, 2.24) is 10.3 Å². The molecule has 0 spiro atoms. The Labute approximate surface area is 278 Å². The molecule has 47 heavy (non-hydrogen) atoms. The monoisotopic (exact) mass is 683 g/mol. The fourth-order valence-electron chi connectivity index (χ4n) is 5.22. The first kappa shape index (κ1) is 33.6. The van der Waals surface area contributed by atoms with Gasteiger partial charge in [0, 0.05) is 28.5 Å². The zero-order chi connectivity index (χ0) is 34.1. The van der Waals surface area contributed by atoms with Crippen molar-refractivity contribution in [1.29, 1.82) is 0 Å². The van der Waals surface area contributed by atoms with Crippen molar-refractivity contribution in [2.45, 2.75) is 24.5 Å². The van der Waals surface area contributed by atoms with Gasteiger partial charge in [0.25, 0.3) is 5.91 Å². The number of aliphatic hydroxyl groups is 1. The Balaban J connectivity index is 1.64. The number of pyridine rings is 1. The highest BCUT2D eigenvalue weighted by Gasteiger charge is 2.46. The third-order valence-electron chi connectivity index (χ3n) is 7.99. The Morgan fingerprint density at radius 3 is 2.57 bits per heavy atom. The Morgan fingerprint density at radius 2 is 1.91 bits per heavy atom. The number of nitrogens with zero attached hydrogens (tertiary/aromatic N) is 2. The summed E-state index contributed by atoms with van der Waals surface area (Å²) in [6.07, 6.45) is 0.842. The number of halogens is 4. The van der Waals surface area contributed by atoms with E-state index in [1.165, 1.54) is 25.3 Å². The molecule has 0 fully saturated rings. The largest absolute Gasteiger partial charge is 0.495 e. The predicted molar refractivity (Wildman–Crippen MR) is 175 cm³/mol. The van der Waals surface area contributed by atoms with Crippen LogP contribution in [-0.4, -0.2) is 54.9 Å². The van der Waals surface area contributed by atoms with E-state index in [-0.39, 0.29) is 56.4 Å². The van der Waals surface area contributed by atoms with E-state index < -0.39 is 35.9 Å². The van der Waals surface area contributed by atoms with Gasteiger partial charge in [0.1, 0.15) is 34.8 Å². The first-order valence-corrected chi connectivity index (χ1v) is 14.8. The van der Waals surface area contributed by atoms with E-state index in [0.29, 0.717) is 16.7 Å². The van der Waals surface area contributed by atoms with Crippen LogP contribution >= 0.6 is 23.2 Å².